The van der Waals surface area contributed by atoms with E-state index in [2.05, 4.69) is 25.6 Å². The van der Waals surface area contributed by atoms with Crippen molar-refractivity contribution in [3.05, 3.63) is 50.6 Å². The maximum absolute atomic E-state index is 12.2. The molecule has 0 aliphatic heterocycles. The van der Waals surface area contributed by atoms with Crippen molar-refractivity contribution in [3.63, 3.8) is 0 Å². The molecule has 0 aromatic carbocycles. The summed E-state index contributed by atoms with van der Waals surface area (Å²) >= 11 is 8.93. The van der Waals surface area contributed by atoms with Crippen molar-refractivity contribution in [2.45, 2.75) is 4.90 Å². The fourth-order valence-corrected chi connectivity index (χ4v) is 3.45. The van der Waals surface area contributed by atoms with Gasteiger partial charge in [0, 0.05) is 30.0 Å². The number of pyridine rings is 2. The van der Waals surface area contributed by atoms with E-state index in [1.165, 1.54) is 42.2 Å². The van der Waals surface area contributed by atoms with Crippen molar-refractivity contribution in [2.75, 3.05) is 4.72 Å². The number of nitrogens with zero attached hydrogens (tertiary/aromatic N) is 2. The van der Waals surface area contributed by atoms with Crippen LogP contribution in [0.4, 0.5) is 5.69 Å². The van der Waals surface area contributed by atoms with Crippen molar-refractivity contribution >= 4 is 43.2 Å². The minimum Gasteiger partial charge on any atom is -0.316 e. The molecule has 106 valence electrons. The number of rotatable bonds is 3. The molecule has 0 spiro atoms. The highest BCUT2D eigenvalue weighted by molar-refractivity contribution is 9.10. The summed E-state index contributed by atoms with van der Waals surface area (Å²) in [6, 6.07) is 3.98. The largest absolute Gasteiger partial charge is 0.316 e. The second-order valence-electron chi connectivity index (χ2n) is 3.91. The van der Waals surface area contributed by atoms with Gasteiger partial charge in [-0.25, -0.2) is 13.4 Å². The van der Waals surface area contributed by atoms with Gasteiger partial charge in [0.1, 0.15) is 10.0 Å². The summed E-state index contributed by atoms with van der Waals surface area (Å²) in [5.41, 5.74) is 0.0123. The highest BCUT2D eigenvalue weighted by Crippen LogP contribution is 2.24. The van der Waals surface area contributed by atoms with Crippen molar-refractivity contribution in [3.8, 4) is 0 Å². The van der Waals surface area contributed by atoms with Crippen molar-refractivity contribution in [1.29, 1.82) is 0 Å². The van der Waals surface area contributed by atoms with Crippen LogP contribution in [0.2, 0.25) is 5.15 Å². The highest BCUT2D eigenvalue weighted by Gasteiger charge is 2.19. The van der Waals surface area contributed by atoms with Gasteiger partial charge >= 0.3 is 0 Å². The summed E-state index contributed by atoms with van der Waals surface area (Å²) < 4.78 is 28.5. The molecule has 6 nitrogen and oxygen atoms in total. The van der Waals surface area contributed by atoms with Crippen molar-refractivity contribution in [1.82, 2.24) is 9.55 Å². The van der Waals surface area contributed by atoms with E-state index >= 15 is 0 Å². The van der Waals surface area contributed by atoms with Gasteiger partial charge in [-0.15, -0.1) is 0 Å². The Labute approximate surface area is 128 Å². The standard InChI is InChI=1S/C11H9BrClN3O3S/c1-16-6-8(2-3-10(16)17)15-20(18,19)9-4-7(12)5-14-11(9)13/h2-6,15H,1H3. The van der Waals surface area contributed by atoms with Crippen LogP contribution in [-0.4, -0.2) is 18.0 Å². The Kier molecular flexibility index (Phi) is 4.17. The van der Waals surface area contributed by atoms with E-state index in [1.807, 2.05) is 0 Å². The minimum atomic E-state index is -3.89. The molecular formula is C11H9BrClN3O3S. The first kappa shape index (κ1) is 15.0. The zero-order chi connectivity index (χ0) is 14.9. The fourth-order valence-electron chi connectivity index (χ4n) is 1.46. The second-order valence-corrected chi connectivity index (χ2v) is 6.84. The summed E-state index contributed by atoms with van der Waals surface area (Å²) in [4.78, 5) is 14.9. The molecule has 0 radical (unpaired) electrons. The molecule has 0 aliphatic carbocycles. The van der Waals surface area contributed by atoms with E-state index in [0.717, 1.165) is 0 Å². The van der Waals surface area contributed by atoms with Crippen LogP contribution < -0.4 is 10.3 Å². The third-order valence-corrected chi connectivity index (χ3v) is 4.64. The summed E-state index contributed by atoms with van der Waals surface area (Å²) in [5, 5.41) is -0.134. The molecule has 2 rings (SSSR count). The van der Waals surface area contributed by atoms with Crippen molar-refractivity contribution < 1.29 is 8.42 Å². The van der Waals surface area contributed by atoms with Gasteiger partial charge in [0.2, 0.25) is 5.56 Å². The predicted octanol–water partition coefficient (Wildman–Crippen LogP) is 2.00. The molecule has 20 heavy (non-hydrogen) atoms. The van der Waals surface area contributed by atoms with Crippen LogP contribution >= 0.6 is 27.5 Å². The summed E-state index contributed by atoms with van der Waals surface area (Å²) in [6.07, 6.45) is 2.77. The first-order valence-electron chi connectivity index (χ1n) is 5.30. The minimum absolute atomic E-state index is 0.134. The quantitative estimate of drug-likeness (QED) is 0.828. The molecule has 9 heteroatoms. The monoisotopic (exact) mass is 377 g/mol. The van der Waals surface area contributed by atoms with Gasteiger partial charge in [0.05, 0.1) is 5.69 Å². The van der Waals surface area contributed by atoms with E-state index in [9.17, 15) is 13.2 Å². The van der Waals surface area contributed by atoms with Crippen molar-refractivity contribution in [2.24, 2.45) is 7.05 Å². The molecule has 0 unspecified atom stereocenters. The zero-order valence-electron chi connectivity index (χ0n) is 10.2. The molecule has 2 heterocycles. The van der Waals surface area contributed by atoms with E-state index in [0.29, 0.717) is 4.47 Å². The van der Waals surface area contributed by atoms with Crippen LogP contribution in [0.3, 0.4) is 0 Å². The second kappa shape index (κ2) is 5.55. The molecule has 0 bridgehead atoms. The Morgan fingerprint density at radius 2 is 2.10 bits per heavy atom. The van der Waals surface area contributed by atoms with Gasteiger partial charge in [0.25, 0.3) is 10.0 Å². The summed E-state index contributed by atoms with van der Waals surface area (Å²) in [5.74, 6) is 0. The molecule has 0 saturated carbocycles. The lowest BCUT2D eigenvalue weighted by Crippen LogP contribution is -2.18. The highest BCUT2D eigenvalue weighted by atomic mass is 79.9. The van der Waals surface area contributed by atoms with E-state index in [4.69, 9.17) is 11.6 Å². The molecule has 0 aliphatic rings. The topological polar surface area (TPSA) is 81.1 Å². The molecule has 0 amide bonds. The van der Waals surface area contributed by atoms with Crippen LogP contribution in [0.1, 0.15) is 0 Å². The third-order valence-electron chi connectivity index (χ3n) is 2.40. The Balaban J connectivity index is 2.43. The normalized spacial score (nSPS) is 11.3. The maximum Gasteiger partial charge on any atom is 0.265 e. The van der Waals surface area contributed by atoms with E-state index in [-0.39, 0.29) is 21.3 Å². The van der Waals surface area contributed by atoms with Gasteiger partial charge in [0.15, 0.2) is 0 Å². The van der Waals surface area contributed by atoms with Gasteiger partial charge in [-0.2, -0.15) is 0 Å². The Morgan fingerprint density at radius 1 is 1.40 bits per heavy atom. The number of halogens is 2. The lowest BCUT2D eigenvalue weighted by molar-refractivity contribution is 0.600. The van der Waals surface area contributed by atoms with Gasteiger partial charge < -0.3 is 4.57 Å². The number of sulfonamides is 1. The number of aromatic nitrogens is 2. The number of nitrogens with one attached hydrogen (secondary N) is 1. The first-order chi connectivity index (χ1) is 9.29. The lowest BCUT2D eigenvalue weighted by Gasteiger charge is -2.10. The third kappa shape index (κ3) is 3.20. The van der Waals surface area contributed by atoms with Crippen LogP contribution in [0, 0.1) is 0 Å². The van der Waals surface area contributed by atoms with Crippen LogP contribution in [0.5, 0.6) is 0 Å². The van der Waals surface area contributed by atoms with Gasteiger partial charge in [-0.3, -0.25) is 9.52 Å². The molecule has 1 N–H and O–H groups in total. The smallest absolute Gasteiger partial charge is 0.265 e. The number of aryl methyl sites for hydroxylation is 1. The van der Waals surface area contributed by atoms with Gasteiger partial charge in [-0.05, 0) is 28.1 Å². The lowest BCUT2D eigenvalue weighted by atomic mass is 10.4. The number of anilines is 1. The first-order valence-corrected chi connectivity index (χ1v) is 7.95. The Bertz CT molecular complexity index is 820. The Hall–Kier alpha value is -1.38. The number of hydrogen-bond donors (Lipinski definition) is 1. The van der Waals surface area contributed by atoms with Crippen LogP contribution in [0.25, 0.3) is 0 Å². The van der Waals surface area contributed by atoms with Crippen LogP contribution in [0.15, 0.2) is 44.8 Å². The summed E-state index contributed by atoms with van der Waals surface area (Å²) in [6.45, 7) is 0. The SMILES string of the molecule is Cn1cc(NS(=O)(=O)c2cc(Br)cnc2Cl)ccc1=O. The average molecular weight is 379 g/mol. The molecule has 2 aromatic rings. The molecule has 0 atom stereocenters. The fraction of sp³-hybridized carbons (Fsp3) is 0.0909. The van der Waals surface area contributed by atoms with Crippen LogP contribution in [-0.2, 0) is 17.1 Å². The van der Waals surface area contributed by atoms with Gasteiger partial charge in [-0.1, -0.05) is 11.6 Å². The average Bonchev–Trinajstić information content (AvgIpc) is 2.36. The summed E-state index contributed by atoms with van der Waals surface area (Å²) in [7, 11) is -2.36. The number of hydrogen-bond acceptors (Lipinski definition) is 4. The molecular weight excluding hydrogens is 370 g/mol. The zero-order valence-corrected chi connectivity index (χ0v) is 13.3. The Morgan fingerprint density at radius 3 is 2.75 bits per heavy atom. The maximum atomic E-state index is 12.2. The van der Waals surface area contributed by atoms with E-state index in [1.54, 1.807) is 0 Å². The molecule has 0 saturated heterocycles. The molecule has 0 fully saturated rings. The molecule has 2 aromatic heterocycles. The van der Waals surface area contributed by atoms with E-state index < -0.39 is 10.0 Å². The predicted molar refractivity (Wildman–Crippen MR) is 79.4 cm³/mol.